The minimum Gasteiger partial charge on any atom is -0.311 e. The van der Waals surface area contributed by atoms with Crippen molar-refractivity contribution >= 4 is 22.5 Å². The quantitative estimate of drug-likeness (QED) is 0.729. The molecule has 0 aliphatic carbocycles. The average molecular weight is 302 g/mol. The summed E-state index contributed by atoms with van der Waals surface area (Å²) in [4.78, 5) is 22.4. The number of amides is 1. The van der Waals surface area contributed by atoms with Crippen molar-refractivity contribution in [3.8, 4) is 6.07 Å². The van der Waals surface area contributed by atoms with Gasteiger partial charge in [-0.3, -0.25) is 14.8 Å². The Kier molecular flexibility index (Phi) is 3.73. The molecule has 0 atom stereocenters. The standard InChI is InChI=1S/C18H14N4O/c1-12-7-13-8-15(3-4-17(13)21-10-12)22(2)18(23)16-5-6-20-11-14(16)9-19/h3-8,10-11H,1-2H3. The molecule has 5 nitrogen and oxygen atoms in total. The minimum atomic E-state index is -0.246. The molecule has 0 N–H and O–H groups in total. The van der Waals surface area contributed by atoms with E-state index in [1.807, 2.05) is 43.5 Å². The van der Waals surface area contributed by atoms with Crippen LogP contribution in [0.2, 0.25) is 0 Å². The van der Waals surface area contributed by atoms with Crippen molar-refractivity contribution in [2.45, 2.75) is 6.92 Å². The summed E-state index contributed by atoms with van der Waals surface area (Å²) in [5.74, 6) is -0.246. The molecule has 5 heteroatoms. The van der Waals surface area contributed by atoms with Gasteiger partial charge in [0.1, 0.15) is 6.07 Å². The maximum atomic E-state index is 12.7. The van der Waals surface area contributed by atoms with Crippen molar-refractivity contribution in [2.75, 3.05) is 11.9 Å². The van der Waals surface area contributed by atoms with Gasteiger partial charge in [0.25, 0.3) is 5.91 Å². The molecule has 2 heterocycles. The highest BCUT2D eigenvalue weighted by atomic mass is 16.2. The van der Waals surface area contributed by atoms with Gasteiger partial charge in [-0.15, -0.1) is 0 Å². The van der Waals surface area contributed by atoms with Crippen LogP contribution in [0, 0.1) is 18.3 Å². The van der Waals surface area contributed by atoms with Gasteiger partial charge < -0.3 is 4.90 Å². The smallest absolute Gasteiger partial charge is 0.259 e. The fourth-order valence-corrected chi connectivity index (χ4v) is 2.41. The van der Waals surface area contributed by atoms with Gasteiger partial charge in [0.2, 0.25) is 0 Å². The zero-order valence-electron chi connectivity index (χ0n) is 12.8. The van der Waals surface area contributed by atoms with Gasteiger partial charge in [0, 0.05) is 36.7 Å². The molecule has 0 bridgehead atoms. The molecule has 1 amide bonds. The molecule has 112 valence electrons. The molecule has 1 aromatic carbocycles. The lowest BCUT2D eigenvalue weighted by molar-refractivity contribution is 0.0992. The zero-order valence-corrected chi connectivity index (χ0v) is 12.8. The number of hydrogen-bond donors (Lipinski definition) is 0. The Labute approximate surface area is 133 Å². The molecule has 0 radical (unpaired) electrons. The van der Waals surface area contributed by atoms with Crippen molar-refractivity contribution in [1.29, 1.82) is 5.26 Å². The summed E-state index contributed by atoms with van der Waals surface area (Å²) in [7, 11) is 1.69. The summed E-state index contributed by atoms with van der Waals surface area (Å²) < 4.78 is 0. The van der Waals surface area contributed by atoms with E-state index in [-0.39, 0.29) is 11.5 Å². The van der Waals surface area contributed by atoms with Crippen LogP contribution in [0.5, 0.6) is 0 Å². The number of pyridine rings is 2. The zero-order chi connectivity index (χ0) is 16.4. The van der Waals surface area contributed by atoms with Crippen LogP contribution in [0.4, 0.5) is 5.69 Å². The number of hydrogen-bond acceptors (Lipinski definition) is 4. The second kappa shape index (κ2) is 5.85. The molecule has 3 rings (SSSR count). The molecular formula is C18H14N4O. The molecule has 0 spiro atoms. The van der Waals surface area contributed by atoms with Gasteiger partial charge in [-0.25, -0.2) is 0 Å². The number of benzene rings is 1. The number of aryl methyl sites for hydroxylation is 1. The second-order valence-electron chi connectivity index (χ2n) is 5.29. The Balaban J connectivity index is 2.01. The summed E-state index contributed by atoms with van der Waals surface area (Å²) in [6.07, 6.45) is 4.72. The Morgan fingerprint density at radius 2 is 2.04 bits per heavy atom. The van der Waals surface area contributed by atoms with Gasteiger partial charge >= 0.3 is 0 Å². The summed E-state index contributed by atoms with van der Waals surface area (Å²) in [5.41, 5.74) is 3.29. The van der Waals surface area contributed by atoms with Crippen LogP contribution in [-0.4, -0.2) is 22.9 Å². The predicted molar refractivity (Wildman–Crippen MR) is 88.2 cm³/mol. The number of nitriles is 1. The van der Waals surface area contributed by atoms with Crippen molar-refractivity contribution < 1.29 is 4.79 Å². The van der Waals surface area contributed by atoms with E-state index < -0.39 is 0 Å². The highest BCUT2D eigenvalue weighted by Crippen LogP contribution is 2.22. The Morgan fingerprint density at radius 1 is 1.22 bits per heavy atom. The lowest BCUT2D eigenvalue weighted by Crippen LogP contribution is -2.27. The van der Waals surface area contributed by atoms with Crippen molar-refractivity contribution in [2.24, 2.45) is 0 Å². The first-order valence-electron chi connectivity index (χ1n) is 7.09. The van der Waals surface area contributed by atoms with E-state index in [0.29, 0.717) is 5.56 Å². The number of anilines is 1. The normalized spacial score (nSPS) is 10.3. The van der Waals surface area contributed by atoms with E-state index in [2.05, 4.69) is 9.97 Å². The SMILES string of the molecule is Cc1cnc2ccc(N(C)C(=O)c3ccncc3C#N)cc2c1. The lowest BCUT2D eigenvalue weighted by atomic mass is 10.1. The first-order valence-corrected chi connectivity index (χ1v) is 7.09. The van der Waals surface area contributed by atoms with E-state index in [1.165, 1.54) is 17.3 Å². The van der Waals surface area contributed by atoms with Gasteiger partial charge in [-0.05, 0) is 42.8 Å². The summed E-state index contributed by atoms with van der Waals surface area (Å²) in [5, 5.41) is 10.1. The van der Waals surface area contributed by atoms with Crippen molar-refractivity contribution in [3.05, 3.63) is 65.6 Å². The highest BCUT2D eigenvalue weighted by molar-refractivity contribution is 6.07. The molecule has 3 aromatic rings. The van der Waals surface area contributed by atoms with Crippen LogP contribution in [0.3, 0.4) is 0 Å². The molecule has 0 saturated heterocycles. The first-order chi connectivity index (χ1) is 11.1. The van der Waals surface area contributed by atoms with E-state index in [4.69, 9.17) is 5.26 Å². The molecule has 0 fully saturated rings. The largest absolute Gasteiger partial charge is 0.311 e. The number of carbonyl (C=O) groups excluding carboxylic acids is 1. The van der Waals surface area contributed by atoms with Crippen molar-refractivity contribution in [3.63, 3.8) is 0 Å². The summed E-state index contributed by atoms with van der Waals surface area (Å²) >= 11 is 0. The van der Waals surface area contributed by atoms with Gasteiger partial charge in [-0.2, -0.15) is 5.26 Å². The van der Waals surface area contributed by atoms with E-state index >= 15 is 0 Å². The first kappa shape index (κ1) is 14.7. The van der Waals surface area contributed by atoms with Crippen LogP contribution < -0.4 is 4.90 Å². The second-order valence-corrected chi connectivity index (χ2v) is 5.29. The van der Waals surface area contributed by atoms with Gasteiger partial charge in [0.15, 0.2) is 0 Å². The van der Waals surface area contributed by atoms with E-state index in [1.54, 1.807) is 13.1 Å². The fourth-order valence-electron chi connectivity index (χ4n) is 2.41. The molecule has 2 aromatic heterocycles. The van der Waals surface area contributed by atoms with Gasteiger partial charge in [0.05, 0.1) is 16.6 Å². The third kappa shape index (κ3) is 2.74. The topological polar surface area (TPSA) is 69.9 Å². The average Bonchev–Trinajstić information content (AvgIpc) is 2.59. The molecule has 23 heavy (non-hydrogen) atoms. The molecule has 0 aliphatic heterocycles. The van der Waals surface area contributed by atoms with Crippen LogP contribution in [0.15, 0.2) is 48.9 Å². The highest BCUT2D eigenvalue weighted by Gasteiger charge is 2.17. The number of aromatic nitrogens is 2. The number of fused-ring (bicyclic) bond motifs is 1. The van der Waals surface area contributed by atoms with Crippen molar-refractivity contribution in [1.82, 2.24) is 9.97 Å². The van der Waals surface area contributed by atoms with Crippen LogP contribution in [0.1, 0.15) is 21.5 Å². The Bertz CT molecular complexity index is 943. The molecule has 0 aliphatic rings. The van der Waals surface area contributed by atoms with Crippen LogP contribution >= 0.6 is 0 Å². The van der Waals surface area contributed by atoms with E-state index in [9.17, 15) is 4.79 Å². The lowest BCUT2D eigenvalue weighted by Gasteiger charge is -2.18. The number of rotatable bonds is 2. The van der Waals surface area contributed by atoms with Crippen LogP contribution in [-0.2, 0) is 0 Å². The third-order valence-electron chi connectivity index (χ3n) is 3.67. The monoisotopic (exact) mass is 302 g/mol. The van der Waals surface area contributed by atoms with E-state index in [0.717, 1.165) is 22.2 Å². The van der Waals surface area contributed by atoms with Crippen LogP contribution in [0.25, 0.3) is 10.9 Å². The predicted octanol–water partition coefficient (Wildman–Crippen LogP) is 3.09. The molecule has 0 unspecified atom stereocenters. The van der Waals surface area contributed by atoms with Gasteiger partial charge in [-0.1, -0.05) is 0 Å². The number of nitrogens with zero attached hydrogens (tertiary/aromatic N) is 4. The maximum Gasteiger partial charge on any atom is 0.259 e. The molecular weight excluding hydrogens is 288 g/mol. The summed E-state index contributed by atoms with van der Waals surface area (Å²) in [6, 6.07) is 11.2. The fraction of sp³-hybridized carbons (Fsp3) is 0.111. The Morgan fingerprint density at radius 3 is 2.83 bits per heavy atom. The summed E-state index contributed by atoms with van der Waals surface area (Å²) in [6.45, 7) is 1.98. The minimum absolute atomic E-state index is 0.246. The molecule has 0 saturated carbocycles. The number of carbonyl (C=O) groups is 1. The third-order valence-corrected chi connectivity index (χ3v) is 3.67. The maximum absolute atomic E-state index is 12.7. The Hall–Kier alpha value is -3.26.